The summed E-state index contributed by atoms with van der Waals surface area (Å²) in [6, 6.07) is 4.03. The van der Waals surface area contributed by atoms with E-state index in [1.807, 2.05) is 17.9 Å². The predicted molar refractivity (Wildman–Crippen MR) is 67.9 cm³/mol. The Balaban J connectivity index is 3.01. The summed E-state index contributed by atoms with van der Waals surface area (Å²) >= 11 is 0. The largest absolute Gasteiger partial charge is 0.395 e. The molecule has 0 aliphatic heterocycles. The van der Waals surface area contributed by atoms with E-state index in [0.717, 1.165) is 24.9 Å². The monoisotopic (exact) mass is 233 g/mol. The molecule has 1 aromatic rings. The number of aromatic nitrogens is 1. The highest BCUT2D eigenvalue weighted by Crippen LogP contribution is 2.20. The number of aliphatic hydroxyl groups excluding tert-OH is 1. The van der Waals surface area contributed by atoms with Crippen LogP contribution in [0, 0.1) is 18.3 Å². The van der Waals surface area contributed by atoms with Crippen LogP contribution in [0.1, 0.15) is 30.9 Å². The number of nitrogens with zero attached hydrogens (tertiary/aromatic N) is 3. The number of rotatable bonds is 6. The fraction of sp³-hybridized carbons (Fsp3) is 0.538. The minimum absolute atomic E-state index is 0.0736. The van der Waals surface area contributed by atoms with E-state index in [1.165, 1.54) is 0 Å². The lowest BCUT2D eigenvalue weighted by molar-refractivity contribution is 0.301. The minimum atomic E-state index is 0.0736. The van der Waals surface area contributed by atoms with Gasteiger partial charge in [-0.3, -0.25) is 0 Å². The van der Waals surface area contributed by atoms with Crippen LogP contribution in [0.2, 0.25) is 0 Å². The molecule has 1 aromatic heterocycles. The van der Waals surface area contributed by atoms with E-state index in [2.05, 4.69) is 18.0 Å². The van der Waals surface area contributed by atoms with Gasteiger partial charge < -0.3 is 10.0 Å². The van der Waals surface area contributed by atoms with Gasteiger partial charge in [0.1, 0.15) is 11.9 Å². The van der Waals surface area contributed by atoms with Crippen molar-refractivity contribution in [3.63, 3.8) is 0 Å². The van der Waals surface area contributed by atoms with Gasteiger partial charge in [0.25, 0.3) is 0 Å². The Labute approximate surface area is 103 Å². The molecule has 0 bridgehead atoms. The summed E-state index contributed by atoms with van der Waals surface area (Å²) in [6.07, 6.45) is 3.82. The van der Waals surface area contributed by atoms with Gasteiger partial charge in [-0.1, -0.05) is 13.3 Å². The van der Waals surface area contributed by atoms with E-state index in [1.54, 1.807) is 6.20 Å². The molecular weight excluding hydrogens is 214 g/mol. The summed E-state index contributed by atoms with van der Waals surface area (Å²) in [6.45, 7) is 5.43. The van der Waals surface area contributed by atoms with Gasteiger partial charge in [0.05, 0.1) is 12.2 Å². The average Bonchev–Trinajstić information content (AvgIpc) is 2.34. The van der Waals surface area contributed by atoms with Crippen LogP contribution in [0.5, 0.6) is 0 Å². The molecule has 0 saturated heterocycles. The Bertz CT molecular complexity index is 398. The molecule has 4 nitrogen and oxygen atoms in total. The van der Waals surface area contributed by atoms with Crippen molar-refractivity contribution in [1.82, 2.24) is 4.98 Å². The van der Waals surface area contributed by atoms with Gasteiger partial charge >= 0.3 is 0 Å². The third-order valence-electron chi connectivity index (χ3n) is 2.70. The highest BCUT2D eigenvalue weighted by molar-refractivity contribution is 5.57. The molecule has 0 spiro atoms. The third kappa shape index (κ3) is 3.43. The van der Waals surface area contributed by atoms with Crippen molar-refractivity contribution >= 4 is 5.82 Å². The van der Waals surface area contributed by atoms with Crippen LogP contribution < -0.4 is 4.90 Å². The summed E-state index contributed by atoms with van der Waals surface area (Å²) in [5.41, 5.74) is 1.54. The molecule has 1 N–H and O–H groups in total. The number of anilines is 1. The standard InChI is InChI=1S/C13H19N3O/c1-3-4-7-16(8-9-17)13-12(10-14)11(2)5-6-15-13/h5-6,17H,3-4,7-9H2,1-2H3. The van der Waals surface area contributed by atoms with Crippen LogP contribution in [0.4, 0.5) is 5.82 Å². The lowest BCUT2D eigenvalue weighted by atomic mass is 10.1. The van der Waals surface area contributed by atoms with Gasteiger partial charge in [0, 0.05) is 19.3 Å². The van der Waals surface area contributed by atoms with Crippen molar-refractivity contribution in [3.8, 4) is 6.07 Å². The zero-order chi connectivity index (χ0) is 12.7. The Kier molecular flexibility index (Phi) is 5.44. The zero-order valence-corrected chi connectivity index (χ0v) is 10.5. The van der Waals surface area contributed by atoms with Gasteiger partial charge in [-0.15, -0.1) is 0 Å². The Morgan fingerprint density at radius 3 is 2.82 bits per heavy atom. The molecule has 92 valence electrons. The van der Waals surface area contributed by atoms with Crippen LogP contribution in [-0.2, 0) is 0 Å². The molecule has 1 heterocycles. The SMILES string of the molecule is CCCCN(CCO)c1nccc(C)c1C#N. The molecule has 4 heteroatoms. The van der Waals surface area contributed by atoms with E-state index in [9.17, 15) is 0 Å². The van der Waals surface area contributed by atoms with E-state index >= 15 is 0 Å². The zero-order valence-electron chi connectivity index (χ0n) is 10.5. The predicted octanol–water partition coefficient (Wildman–Crippen LogP) is 1.86. The molecule has 0 radical (unpaired) electrons. The molecule has 0 saturated carbocycles. The van der Waals surface area contributed by atoms with Gasteiger partial charge in [-0.2, -0.15) is 5.26 Å². The van der Waals surface area contributed by atoms with E-state index < -0.39 is 0 Å². The van der Waals surface area contributed by atoms with Crippen molar-refractivity contribution in [1.29, 1.82) is 5.26 Å². The molecule has 0 aromatic carbocycles. The van der Waals surface area contributed by atoms with E-state index in [0.29, 0.717) is 17.9 Å². The average molecular weight is 233 g/mol. The molecule has 0 atom stereocenters. The maximum atomic E-state index is 9.16. The number of hydrogen-bond donors (Lipinski definition) is 1. The number of aliphatic hydroxyl groups is 1. The van der Waals surface area contributed by atoms with Crippen LogP contribution in [0.3, 0.4) is 0 Å². The van der Waals surface area contributed by atoms with Gasteiger partial charge in [-0.25, -0.2) is 4.98 Å². The molecule has 1 rings (SSSR count). The van der Waals surface area contributed by atoms with Crippen LogP contribution in [0.15, 0.2) is 12.3 Å². The van der Waals surface area contributed by atoms with E-state index in [4.69, 9.17) is 10.4 Å². The summed E-state index contributed by atoms with van der Waals surface area (Å²) in [4.78, 5) is 6.26. The third-order valence-corrected chi connectivity index (χ3v) is 2.70. The van der Waals surface area contributed by atoms with Crippen molar-refractivity contribution in [3.05, 3.63) is 23.4 Å². The highest BCUT2D eigenvalue weighted by atomic mass is 16.3. The molecule has 0 unspecified atom stereocenters. The molecule has 0 aliphatic rings. The Morgan fingerprint density at radius 2 is 2.24 bits per heavy atom. The summed E-state index contributed by atoms with van der Waals surface area (Å²) in [5.74, 6) is 0.690. The number of aryl methyl sites for hydroxylation is 1. The lowest BCUT2D eigenvalue weighted by Crippen LogP contribution is -2.29. The quantitative estimate of drug-likeness (QED) is 0.814. The van der Waals surface area contributed by atoms with Crippen molar-refractivity contribution in [2.75, 3.05) is 24.6 Å². The van der Waals surface area contributed by atoms with Crippen molar-refractivity contribution in [2.45, 2.75) is 26.7 Å². The first kappa shape index (κ1) is 13.5. The first-order chi connectivity index (χ1) is 8.24. The van der Waals surface area contributed by atoms with Gasteiger partial charge in [-0.05, 0) is 25.0 Å². The Hall–Kier alpha value is -1.60. The summed E-state index contributed by atoms with van der Waals surface area (Å²) in [7, 11) is 0. The van der Waals surface area contributed by atoms with Gasteiger partial charge in [0.15, 0.2) is 0 Å². The van der Waals surface area contributed by atoms with Crippen LogP contribution in [0.25, 0.3) is 0 Å². The summed E-state index contributed by atoms with van der Waals surface area (Å²) < 4.78 is 0. The minimum Gasteiger partial charge on any atom is -0.395 e. The normalized spacial score (nSPS) is 10.0. The topological polar surface area (TPSA) is 60.1 Å². The molecule has 0 aliphatic carbocycles. The number of pyridine rings is 1. The fourth-order valence-electron chi connectivity index (χ4n) is 1.72. The first-order valence-corrected chi connectivity index (χ1v) is 5.96. The second-order valence-corrected chi connectivity index (χ2v) is 4.00. The Morgan fingerprint density at radius 1 is 1.47 bits per heavy atom. The van der Waals surface area contributed by atoms with Crippen molar-refractivity contribution < 1.29 is 5.11 Å². The maximum absolute atomic E-state index is 9.16. The maximum Gasteiger partial charge on any atom is 0.146 e. The summed E-state index contributed by atoms with van der Waals surface area (Å²) in [5, 5.41) is 18.2. The van der Waals surface area contributed by atoms with Crippen molar-refractivity contribution in [2.24, 2.45) is 0 Å². The number of unbranched alkanes of at least 4 members (excludes halogenated alkanes) is 1. The molecule has 0 amide bonds. The smallest absolute Gasteiger partial charge is 0.146 e. The second kappa shape index (κ2) is 6.87. The van der Waals surface area contributed by atoms with Gasteiger partial charge in [0.2, 0.25) is 0 Å². The second-order valence-electron chi connectivity index (χ2n) is 4.00. The van der Waals surface area contributed by atoms with Crippen LogP contribution >= 0.6 is 0 Å². The molecule has 17 heavy (non-hydrogen) atoms. The van der Waals surface area contributed by atoms with E-state index in [-0.39, 0.29) is 6.61 Å². The fourth-order valence-corrected chi connectivity index (χ4v) is 1.72. The number of hydrogen-bond acceptors (Lipinski definition) is 4. The highest BCUT2D eigenvalue weighted by Gasteiger charge is 2.13. The molecule has 0 fully saturated rings. The van der Waals surface area contributed by atoms with Crippen LogP contribution in [-0.4, -0.2) is 29.8 Å². The lowest BCUT2D eigenvalue weighted by Gasteiger charge is -2.23. The molecular formula is C13H19N3O. The first-order valence-electron chi connectivity index (χ1n) is 5.96. The number of nitriles is 1.